The Morgan fingerprint density at radius 2 is 2.35 bits per heavy atom. The van der Waals surface area contributed by atoms with Gasteiger partial charge in [-0.1, -0.05) is 18.2 Å². The van der Waals surface area contributed by atoms with Crippen molar-refractivity contribution in [3.8, 4) is 0 Å². The summed E-state index contributed by atoms with van der Waals surface area (Å²) in [6.07, 6.45) is 4.15. The van der Waals surface area contributed by atoms with Crippen LogP contribution >= 0.6 is 0 Å². The van der Waals surface area contributed by atoms with Gasteiger partial charge in [0, 0.05) is 18.8 Å². The minimum atomic E-state index is 0.114. The van der Waals surface area contributed by atoms with Gasteiger partial charge in [0.15, 0.2) is 0 Å². The fourth-order valence-corrected chi connectivity index (χ4v) is 2.65. The van der Waals surface area contributed by atoms with Crippen LogP contribution in [0.25, 0.3) is 0 Å². The van der Waals surface area contributed by atoms with Crippen molar-refractivity contribution in [2.75, 3.05) is 11.9 Å². The Balaban J connectivity index is 1.69. The van der Waals surface area contributed by atoms with Gasteiger partial charge in [0.05, 0.1) is 12.2 Å². The highest BCUT2D eigenvalue weighted by Gasteiger charge is 2.14. The fourth-order valence-electron chi connectivity index (χ4n) is 2.65. The lowest BCUT2D eigenvalue weighted by molar-refractivity contribution is 0.402. The molecule has 0 aliphatic carbocycles. The topological polar surface area (TPSA) is 50.1 Å². The van der Waals surface area contributed by atoms with Crippen molar-refractivity contribution in [1.82, 2.24) is 10.3 Å². The van der Waals surface area contributed by atoms with Crippen molar-refractivity contribution in [2.45, 2.75) is 39.3 Å². The molecule has 20 heavy (non-hydrogen) atoms. The smallest absolute Gasteiger partial charge is 0.211 e. The average Bonchev–Trinajstić information content (AvgIpc) is 2.91. The van der Waals surface area contributed by atoms with Crippen LogP contribution in [0.3, 0.4) is 0 Å². The molecule has 3 rings (SSSR count). The molecule has 4 heteroatoms. The molecule has 2 aromatic rings. The number of aromatic nitrogens is 1. The van der Waals surface area contributed by atoms with Crippen LogP contribution in [0.5, 0.6) is 0 Å². The van der Waals surface area contributed by atoms with E-state index in [0.29, 0.717) is 0 Å². The standard InChI is InChI=1S/C16H21N3O/c1-11-9-19-16(20-11)12(2)18-10-14-6-3-5-13-7-4-8-17-15(13)14/h3,5-6,9,12,17-18H,4,7-8,10H2,1-2H3. The molecule has 2 heterocycles. The third-order valence-corrected chi connectivity index (χ3v) is 3.77. The average molecular weight is 271 g/mol. The van der Waals surface area contributed by atoms with Gasteiger partial charge in [0.2, 0.25) is 5.89 Å². The molecular weight excluding hydrogens is 250 g/mol. The van der Waals surface area contributed by atoms with Crippen LogP contribution in [-0.4, -0.2) is 11.5 Å². The SMILES string of the molecule is Cc1cnc(C(C)NCc2cccc3c2NCCC3)o1. The number of hydrogen-bond donors (Lipinski definition) is 2. The minimum absolute atomic E-state index is 0.114. The molecule has 0 spiro atoms. The molecule has 2 N–H and O–H groups in total. The quantitative estimate of drug-likeness (QED) is 0.896. The molecule has 1 unspecified atom stereocenters. The molecular formula is C16H21N3O. The Labute approximate surface area is 119 Å². The van der Waals surface area contributed by atoms with E-state index in [1.165, 1.54) is 29.7 Å². The van der Waals surface area contributed by atoms with Crippen molar-refractivity contribution in [3.05, 3.63) is 47.2 Å². The lowest BCUT2D eigenvalue weighted by Crippen LogP contribution is -2.21. The summed E-state index contributed by atoms with van der Waals surface area (Å²) in [7, 11) is 0. The van der Waals surface area contributed by atoms with Crippen molar-refractivity contribution in [1.29, 1.82) is 0 Å². The maximum absolute atomic E-state index is 5.56. The zero-order chi connectivity index (χ0) is 13.9. The highest BCUT2D eigenvalue weighted by molar-refractivity contribution is 5.59. The summed E-state index contributed by atoms with van der Waals surface area (Å²) in [6.45, 7) is 5.88. The molecule has 0 saturated carbocycles. The summed E-state index contributed by atoms with van der Waals surface area (Å²) in [5.74, 6) is 1.60. The molecule has 106 valence electrons. The van der Waals surface area contributed by atoms with Gasteiger partial charge in [-0.15, -0.1) is 0 Å². The molecule has 0 saturated heterocycles. The second-order valence-electron chi connectivity index (χ2n) is 5.39. The molecule has 1 aliphatic heterocycles. The largest absolute Gasteiger partial charge is 0.444 e. The Hall–Kier alpha value is -1.81. The molecule has 0 fully saturated rings. The maximum atomic E-state index is 5.56. The number of anilines is 1. The molecule has 1 atom stereocenters. The van der Waals surface area contributed by atoms with E-state index in [9.17, 15) is 0 Å². The Morgan fingerprint density at radius 3 is 3.15 bits per heavy atom. The first-order chi connectivity index (χ1) is 9.74. The molecule has 4 nitrogen and oxygen atoms in total. The summed E-state index contributed by atoms with van der Waals surface area (Å²) in [5.41, 5.74) is 4.05. The van der Waals surface area contributed by atoms with E-state index in [1.807, 2.05) is 6.92 Å². The van der Waals surface area contributed by atoms with Crippen molar-refractivity contribution >= 4 is 5.69 Å². The molecule has 0 bridgehead atoms. The number of fused-ring (bicyclic) bond motifs is 1. The number of para-hydroxylation sites is 1. The summed E-state index contributed by atoms with van der Waals surface area (Å²) < 4.78 is 5.56. The van der Waals surface area contributed by atoms with Crippen LogP contribution in [0.2, 0.25) is 0 Å². The van der Waals surface area contributed by atoms with E-state index < -0.39 is 0 Å². The fraction of sp³-hybridized carbons (Fsp3) is 0.438. The minimum Gasteiger partial charge on any atom is -0.444 e. The molecule has 1 aromatic carbocycles. The van der Waals surface area contributed by atoms with E-state index in [0.717, 1.165) is 24.7 Å². The van der Waals surface area contributed by atoms with Gasteiger partial charge in [-0.2, -0.15) is 0 Å². The zero-order valence-corrected chi connectivity index (χ0v) is 12.1. The van der Waals surface area contributed by atoms with Crippen molar-refractivity contribution < 1.29 is 4.42 Å². The van der Waals surface area contributed by atoms with Gasteiger partial charge in [0.1, 0.15) is 5.76 Å². The van der Waals surface area contributed by atoms with Gasteiger partial charge in [-0.25, -0.2) is 4.98 Å². The lowest BCUT2D eigenvalue weighted by atomic mass is 9.99. The van der Waals surface area contributed by atoms with Gasteiger partial charge in [-0.3, -0.25) is 0 Å². The Kier molecular flexibility index (Phi) is 3.74. The molecule has 1 aromatic heterocycles. The third kappa shape index (κ3) is 2.70. The van der Waals surface area contributed by atoms with E-state index in [1.54, 1.807) is 6.20 Å². The Morgan fingerprint density at radius 1 is 1.45 bits per heavy atom. The number of nitrogens with zero attached hydrogens (tertiary/aromatic N) is 1. The van der Waals surface area contributed by atoms with E-state index in [2.05, 4.69) is 40.7 Å². The first-order valence-corrected chi connectivity index (χ1v) is 7.24. The number of hydrogen-bond acceptors (Lipinski definition) is 4. The van der Waals surface area contributed by atoms with E-state index in [-0.39, 0.29) is 6.04 Å². The van der Waals surface area contributed by atoms with Crippen LogP contribution < -0.4 is 10.6 Å². The number of nitrogens with one attached hydrogen (secondary N) is 2. The second kappa shape index (κ2) is 5.67. The Bertz CT molecular complexity index is 591. The zero-order valence-electron chi connectivity index (χ0n) is 12.1. The van der Waals surface area contributed by atoms with Crippen molar-refractivity contribution in [2.24, 2.45) is 0 Å². The summed E-state index contributed by atoms with van der Waals surface area (Å²) in [5, 5.41) is 7.00. The van der Waals surface area contributed by atoms with Crippen molar-refractivity contribution in [3.63, 3.8) is 0 Å². The third-order valence-electron chi connectivity index (χ3n) is 3.77. The second-order valence-corrected chi connectivity index (χ2v) is 5.39. The molecule has 1 aliphatic rings. The highest BCUT2D eigenvalue weighted by atomic mass is 16.4. The number of benzene rings is 1. The summed E-state index contributed by atoms with van der Waals surface area (Å²) in [6, 6.07) is 6.65. The molecule has 0 amide bonds. The van der Waals surface area contributed by atoms with E-state index in [4.69, 9.17) is 4.42 Å². The van der Waals surface area contributed by atoms with Crippen LogP contribution in [0, 0.1) is 6.92 Å². The first-order valence-electron chi connectivity index (χ1n) is 7.24. The van der Waals surface area contributed by atoms with Gasteiger partial charge in [0.25, 0.3) is 0 Å². The predicted molar refractivity (Wildman–Crippen MR) is 79.7 cm³/mol. The first kappa shape index (κ1) is 13.2. The van der Waals surface area contributed by atoms with Gasteiger partial charge >= 0.3 is 0 Å². The maximum Gasteiger partial charge on any atom is 0.211 e. The van der Waals surface area contributed by atoms with Crippen LogP contribution in [0.1, 0.15) is 42.2 Å². The van der Waals surface area contributed by atoms with Crippen LogP contribution in [-0.2, 0) is 13.0 Å². The lowest BCUT2D eigenvalue weighted by Gasteiger charge is -2.22. The normalized spacial score (nSPS) is 15.5. The van der Waals surface area contributed by atoms with E-state index >= 15 is 0 Å². The predicted octanol–water partition coefficient (Wildman–Crippen LogP) is 3.19. The monoisotopic (exact) mass is 271 g/mol. The van der Waals surface area contributed by atoms with Crippen LogP contribution in [0.15, 0.2) is 28.8 Å². The van der Waals surface area contributed by atoms with Crippen LogP contribution in [0.4, 0.5) is 5.69 Å². The van der Waals surface area contributed by atoms with Gasteiger partial charge < -0.3 is 15.1 Å². The number of aryl methyl sites for hydroxylation is 2. The molecule has 0 radical (unpaired) electrons. The van der Waals surface area contributed by atoms with Gasteiger partial charge in [-0.05, 0) is 37.8 Å². The summed E-state index contributed by atoms with van der Waals surface area (Å²) in [4.78, 5) is 4.27. The summed E-state index contributed by atoms with van der Waals surface area (Å²) >= 11 is 0. The highest BCUT2D eigenvalue weighted by Crippen LogP contribution is 2.26. The number of oxazole rings is 1. The number of rotatable bonds is 4.